The number of benzene rings is 1. The zero-order chi connectivity index (χ0) is 21.3. The van der Waals surface area contributed by atoms with Crippen molar-refractivity contribution in [1.82, 2.24) is 19.3 Å². The Morgan fingerprint density at radius 1 is 1.10 bits per heavy atom. The number of nitrogens with one attached hydrogen (secondary N) is 1. The fourth-order valence-corrected chi connectivity index (χ4v) is 3.43. The Kier molecular flexibility index (Phi) is 5.68. The summed E-state index contributed by atoms with van der Waals surface area (Å²) in [5.74, 6) is 0.0719. The van der Waals surface area contributed by atoms with Gasteiger partial charge in [0.2, 0.25) is 11.9 Å². The first-order valence-corrected chi connectivity index (χ1v) is 9.72. The SMILES string of the molecule is CCc1c(C)nc(-n2nc(C)cc2C)n(CC(=O)Nc2cc(C)ccc2C)c1=O. The summed E-state index contributed by atoms with van der Waals surface area (Å²) in [6.45, 7) is 11.3. The number of nitrogens with zero attached hydrogens (tertiary/aromatic N) is 4. The Morgan fingerprint density at radius 3 is 2.45 bits per heavy atom. The number of rotatable bonds is 5. The van der Waals surface area contributed by atoms with E-state index >= 15 is 0 Å². The van der Waals surface area contributed by atoms with E-state index in [0.717, 1.165) is 28.2 Å². The topological polar surface area (TPSA) is 81.8 Å². The molecule has 0 atom stereocenters. The third kappa shape index (κ3) is 4.13. The number of aryl methyl sites for hydroxylation is 5. The standard InChI is InChI=1S/C22H27N5O2/c1-7-18-17(6)23-22(27-16(5)11-15(4)25-27)26(21(18)29)12-20(28)24-19-10-13(2)8-9-14(19)3/h8-11H,7,12H2,1-6H3,(H,24,28). The van der Waals surface area contributed by atoms with Gasteiger partial charge >= 0.3 is 0 Å². The molecule has 1 aromatic carbocycles. The highest BCUT2D eigenvalue weighted by atomic mass is 16.2. The molecule has 7 heteroatoms. The first-order valence-electron chi connectivity index (χ1n) is 9.72. The number of aromatic nitrogens is 4. The Morgan fingerprint density at radius 2 is 1.83 bits per heavy atom. The molecule has 0 bridgehead atoms. The van der Waals surface area contributed by atoms with E-state index < -0.39 is 0 Å². The first-order chi connectivity index (χ1) is 13.7. The van der Waals surface area contributed by atoms with E-state index in [0.29, 0.717) is 23.6 Å². The van der Waals surface area contributed by atoms with Crippen LogP contribution in [0.3, 0.4) is 0 Å². The van der Waals surface area contributed by atoms with Gasteiger partial charge in [-0.3, -0.25) is 14.2 Å². The third-order valence-electron chi connectivity index (χ3n) is 4.97. The second kappa shape index (κ2) is 8.03. The predicted octanol–water partition coefficient (Wildman–Crippen LogP) is 3.17. The van der Waals surface area contributed by atoms with E-state index in [1.165, 1.54) is 4.57 Å². The maximum absolute atomic E-state index is 13.1. The van der Waals surface area contributed by atoms with Crippen molar-refractivity contribution in [2.75, 3.05) is 5.32 Å². The Labute approximate surface area is 170 Å². The van der Waals surface area contributed by atoms with Crippen molar-refractivity contribution >= 4 is 11.6 Å². The van der Waals surface area contributed by atoms with Crippen LogP contribution in [0.2, 0.25) is 0 Å². The van der Waals surface area contributed by atoms with Crippen LogP contribution in [0.5, 0.6) is 0 Å². The minimum atomic E-state index is -0.281. The van der Waals surface area contributed by atoms with Crippen molar-refractivity contribution in [3.05, 3.63) is 68.4 Å². The molecule has 0 aliphatic rings. The van der Waals surface area contributed by atoms with E-state index in [1.807, 2.05) is 65.8 Å². The van der Waals surface area contributed by atoms with Crippen LogP contribution >= 0.6 is 0 Å². The quantitative estimate of drug-likeness (QED) is 0.722. The van der Waals surface area contributed by atoms with Gasteiger partial charge in [0.15, 0.2) is 0 Å². The van der Waals surface area contributed by atoms with Crippen LogP contribution in [0, 0.1) is 34.6 Å². The van der Waals surface area contributed by atoms with Crippen LogP contribution in [0.1, 0.15) is 40.7 Å². The van der Waals surface area contributed by atoms with Crippen molar-refractivity contribution in [1.29, 1.82) is 0 Å². The van der Waals surface area contributed by atoms with Gasteiger partial charge in [-0.1, -0.05) is 19.1 Å². The van der Waals surface area contributed by atoms with Crippen molar-refractivity contribution < 1.29 is 4.79 Å². The van der Waals surface area contributed by atoms with E-state index in [1.54, 1.807) is 4.68 Å². The lowest BCUT2D eigenvalue weighted by molar-refractivity contribution is -0.116. The summed E-state index contributed by atoms with van der Waals surface area (Å²) in [7, 11) is 0. The molecule has 0 radical (unpaired) electrons. The third-order valence-corrected chi connectivity index (χ3v) is 4.97. The van der Waals surface area contributed by atoms with Crippen molar-refractivity contribution in [2.24, 2.45) is 0 Å². The molecule has 152 valence electrons. The molecule has 0 spiro atoms. The van der Waals surface area contributed by atoms with Gasteiger partial charge in [-0.25, -0.2) is 9.67 Å². The molecule has 2 heterocycles. The minimum absolute atomic E-state index is 0.139. The van der Waals surface area contributed by atoms with Crippen LogP contribution in [0.15, 0.2) is 29.1 Å². The van der Waals surface area contributed by atoms with Crippen LogP contribution < -0.4 is 10.9 Å². The van der Waals surface area contributed by atoms with Gasteiger partial charge in [-0.05, 0) is 64.3 Å². The van der Waals surface area contributed by atoms with E-state index in [9.17, 15) is 9.59 Å². The maximum atomic E-state index is 13.1. The second-order valence-corrected chi connectivity index (χ2v) is 7.43. The van der Waals surface area contributed by atoms with Gasteiger partial charge in [0.1, 0.15) is 6.54 Å². The Hall–Kier alpha value is -3.22. The normalized spacial score (nSPS) is 11.0. The lowest BCUT2D eigenvalue weighted by Crippen LogP contribution is -2.34. The average molecular weight is 393 g/mol. The molecule has 0 aliphatic heterocycles. The number of hydrogen-bond acceptors (Lipinski definition) is 4. The average Bonchev–Trinajstić information content (AvgIpc) is 2.99. The van der Waals surface area contributed by atoms with Gasteiger partial charge < -0.3 is 5.32 Å². The highest BCUT2D eigenvalue weighted by Gasteiger charge is 2.19. The number of hydrogen-bond donors (Lipinski definition) is 1. The molecule has 1 amide bonds. The van der Waals surface area contributed by atoms with E-state index in [-0.39, 0.29) is 18.0 Å². The molecular weight excluding hydrogens is 366 g/mol. The summed E-state index contributed by atoms with van der Waals surface area (Å²) in [5.41, 5.74) is 5.48. The summed E-state index contributed by atoms with van der Waals surface area (Å²) in [4.78, 5) is 30.6. The summed E-state index contributed by atoms with van der Waals surface area (Å²) >= 11 is 0. The number of carbonyl (C=O) groups is 1. The first kappa shape index (κ1) is 20.5. The zero-order valence-electron chi connectivity index (χ0n) is 17.8. The van der Waals surface area contributed by atoms with Crippen molar-refractivity contribution in [3.63, 3.8) is 0 Å². The van der Waals surface area contributed by atoms with Crippen LogP contribution in [-0.4, -0.2) is 25.2 Å². The molecule has 0 fully saturated rings. The molecule has 0 aliphatic carbocycles. The minimum Gasteiger partial charge on any atom is -0.324 e. The molecule has 29 heavy (non-hydrogen) atoms. The number of amides is 1. The smallest absolute Gasteiger partial charge is 0.258 e. The second-order valence-electron chi connectivity index (χ2n) is 7.43. The summed E-state index contributed by atoms with van der Waals surface area (Å²) < 4.78 is 3.03. The van der Waals surface area contributed by atoms with Crippen LogP contribution in [0.25, 0.3) is 5.95 Å². The van der Waals surface area contributed by atoms with Crippen LogP contribution in [0.4, 0.5) is 5.69 Å². The van der Waals surface area contributed by atoms with Crippen molar-refractivity contribution in [2.45, 2.75) is 54.5 Å². The highest BCUT2D eigenvalue weighted by Crippen LogP contribution is 2.17. The monoisotopic (exact) mass is 393 g/mol. The molecular formula is C22H27N5O2. The largest absolute Gasteiger partial charge is 0.324 e. The molecule has 0 unspecified atom stereocenters. The zero-order valence-corrected chi connectivity index (χ0v) is 17.8. The van der Waals surface area contributed by atoms with Gasteiger partial charge in [-0.2, -0.15) is 5.10 Å². The van der Waals surface area contributed by atoms with Crippen LogP contribution in [-0.2, 0) is 17.8 Å². The van der Waals surface area contributed by atoms with E-state index in [2.05, 4.69) is 15.4 Å². The summed E-state index contributed by atoms with van der Waals surface area (Å²) in [6, 6.07) is 7.79. The predicted molar refractivity (Wildman–Crippen MR) is 114 cm³/mol. The lowest BCUT2D eigenvalue weighted by atomic mass is 10.1. The Bertz CT molecular complexity index is 1140. The molecule has 2 aromatic heterocycles. The molecule has 3 rings (SSSR count). The molecule has 7 nitrogen and oxygen atoms in total. The summed E-state index contributed by atoms with van der Waals surface area (Å²) in [6.07, 6.45) is 0.549. The maximum Gasteiger partial charge on any atom is 0.258 e. The fourth-order valence-electron chi connectivity index (χ4n) is 3.43. The number of anilines is 1. The van der Waals surface area contributed by atoms with Crippen molar-refractivity contribution in [3.8, 4) is 5.95 Å². The lowest BCUT2D eigenvalue weighted by Gasteiger charge is -2.16. The number of carbonyl (C=O) groups excluding carboxylic acids is 1. The Balaban J connectivity index is 2.05. The molecule has 0 saturated carbocycles. The molecule has 0 saturated heterocycles. The van der Waals surface area contributed by atoms with Gasteiger partial charge in [0.25, 0.3) is 5.56 Å². The van der Waals surface area contributed by atoms with E-state index in [4.69, 9.17) is 0 Å². The molecule has 3 aromatic rings. The highest BCUT2D eigenvalue weighted by molar-refractivity contribution is 5.91. The van der Waals surface area contributed by atoms with Gasteiger partial charge in [0, 0.05) is 16.9 Å². The fraction of sp³-hybridized carbons (Fsp3) is 0.364. The van der Waals surface area contributed by atoms with Gasteiger partial charge in [0.05, 0.1) is 11.4 Å². The summed E-state index contributed by atoms with van der Waals surface area (Å²) in [5, 5.41) is 7.38. The van der Waals surface area contributed by atoms with Gasteiger partial charge in [-0.15, -0.1) is 0 Å². The molecule has 1 N–H and O–H groups in total.